The molecule has 5 fully saturated rings. The zero-order chi connectivity index (χ0) is 23.1. The Balaban J connectivity index is 1.29. The summed E-state index contributed by atoms with van der Waals surface area (Å²) in [5.74, 6) is 1.68. The first kappa shape index (κ1) is 23.4. The zero-order valence-electron chi connectivity index (χ0n) is 20.6. The molecule has 0 spiro atoms. The molecule has 3 aliphatic heterocycles. The van der Waals surface area contributed by atoms with E-state index < -0.39 is 0 Å². The summed E-state index contributed by atoms with van der Waals surface area (Å²) in [7, 11) is 0. The molecule has 5 aliphatic rings. The molecule has 0 aromatic heterocycles. The third-order valence-electron chi connectivity index (χ3n) is 8.55. The molecule has 2 saturated carbocycles. The van der Waals surface area contributed by atoms with Crippen LogP contribution in [0.1, 0.15) is 65.7 Å². The molecular weight excluding hydrogens is 420 g/mol. The van der Waals surface area contributed by atoms with Crippen molar-refractivity contribution in [1.29, 1.82) is 0 Å². The standard InChI is InChI=1S/C25H42N4O4/c1-16(2)33-25(31)27-14-17(3)29(24(30)18-4-5-18)22-7-6-19(12-23(22)27)20-13-26-28(15-20)21-8-10-32-11-9-21/h16-23,26H,4-15H2,1-3H3/t17-,19?,20?,22?,23?/m0/s1. The fourth-order valence-corrected chi connectivity index (χ4v) is 6.69. The molecule has 186 valence electrons. The quantitative estimate of drug-likeness (QED) is 0.692. The van der Waals surface area contributed by atoms with E-state index in [2.05, 4.69) is 22.3 Å². The number of nitrogens with zero attached hydrogens (tertiary/aromatic N) is 3. The summed E-state index contributed by atoms with van der Waals surface area (Å²) >= 11 is 0. The number of hydrogen-bond donors (Lipinski definition) is 1. The minimum absolute atomic E-state index is 0.0489. The molecule has 0 bridgehead atoms. The summed E-state index contributed by atoms with van der Waals surface area (Å²) in [6, 6.07) is 0.803. The SMILES string of the molecule is CC(C)OC(=O)N1C[C@H](C)N(C(=O)C2CC2)C2CCC(C3CNN(C4CCOCC4)C3)CC21. The molecular formula is C25H42N4O4. The van der Waals surface area contributed by atoms with Crippen LogP contribution in [0.15, 0.2) is 0 Å². The van der Waals surface area contributed by atoms with Crippen molar-refractivity contribution in [2.24, 2.45) is 17.8 Å². The van der Waals surface area contributed by atoms with Gasteiger partial charge in [-0.25, -0.2) is 9.80 Å². The van der Waals surface area contributed by atoms with Gasteiger partial charge in [-0.3, -0.25) is 10.2 Å². The Morgan fingerprint density at radius 1 is 0.970 bits per heavy atom. The molecule has 3 heterocycles. The number of piperazine rings is 1. The maximum Gasteiger partial charge on any atom is 0.410 e. The molecule has 0 aromatic carbocycles. The summed E-state index contributed by atoms with van der Waals surface area (Å²) in [5, 5.41) is 2.45. The van der Waals surface area contributed by atoms with Crippen LogP contribution in [-0.4, -0.2) is 89.9 Å². The van der Waals surface area contributed by atoms with Crippen molar-refractivity contribution in [3.63, 3.8) is 0 Å². The summed E-state index contributed by atoms with van der Waals surface area (Å²) in [5.41, 5.74) is 3.67. The molecule has 8 nitrogen and oxygen atoms in total. The van der Waals surface area contributed by atoms with Crippen LogP contribution in [0.4, 0.5) is 4.79 Å². The average Bonchev–Trinajstić information content (AvgIpc) is 3.54. The minimum atomic E-state index is -0.209. The monoisotopic (exact) mass is 462 g/mol. The van der Waals surface area contributed by atoms with Gasteiger partial charge in [0.15, 0.2) is 0 Å². The Labute approximate surface area is 198 Å². The topological polar surface area (TPSA) is 74.4 Å². The fourth-order valence-electron chi connectivity index (χ4n) is 6.69. The smallest absolute Gasteiger partial charge is 0.410 e. The van der Waals surface area contributed by atoms with E-state index in [9.17, 15) is 9.59 Å². The number of amides is 2. The minimum Gasteiger partial charge on any atom is -0.447 e. The predicted molar refractivity (Wildman–Crippen MR) is 124 cm³/mol. The van der Waals surface area contributed by atoms with Crippen molar-refractivity contribution < 1.29 is 19.1 Å². The Morgan fingerprint density at radius 3 is 2.42 bits per heavy atom. The number of carbonyl (C=O) groups excluding carboxylic acids is 2. The maximum absolute atomic E-state index is 13.2. The first-order valence-corrected chi connectivity index (χ1v) is 13.3. The fraction of sp³-hybridized carbons (Fsp3) is 0.920. The Bertz CT molecular complexity index is 723. The molecule has 8 heteroatoms. The second-order valence-electron chi connectivity index (χ2n) is 11.3. The van der Waals surface area contributed by atoms with Crippen LogP contribution in [0.25, 0.3) is 0 Å². The maximum atomic E-state index is 13.2. The summed E-state index contributed by atoms with van der Waals surface area (Å²) < 4.78 is 11.2. The van der Waals surface area contributed by atoms with Crippen molar-refractivity contribution >= 4 is 12.0 Å². The van der Waals surface area contributed by atoms with Crippen LogP contribution in [0.5, 0.6) is 0 Å². The van der Waals surface area contributed by atoms with Crippen molar-refractivity contribution in [2.75, 3.05) is 32.8 Å². The zero-order valence-corrected chi connectivity index (χ0v) is 20.6. The van der Waals surface area contributed by atoms with Gasteiger partial charge >= 0.3 is 6.09 Å². The lowest BCUT2D eigenvalue weighted by molar-refractivity contribution is -0.146. The van der Waals surface area contributed by atoms with E-state index in [4.69, 9.17) is 9.47 Å². The van der Waals surface area contributed by atoms with Gasteiger partial charge < -0.3 is 19.3 Å². The molecule has 0 radical (unpaired) electrons. The van der Waals surface area contributed by atoms with E-state index in [0.717, 1.165) is 71.2 Å². The van der Waals surface area contributed by atoms with Crippen LogP contribution in [-0.2, 0) is 14.3 Å². The summed E-state index contributed by atoms with van der Waals surface area (Å²) in [6.45, 7) is 10.3. The van der Waals surface area contributed by atoms with Gasteiger partial charge in [-0.15, -0.1) is 0 Å². The predicted octanol–water partition coefficient (Wildman–Crippen LogP) is 2.63. The van der Waals surface area contributed by atoms with Gasteiger partial charge in [-0.1, -0.05) is 0 Å². The van der Waals surface area contributed by atoms with Gasteiger partial charge in [0.25, 0.3) is 0 Å². The van der Waals surface area contributed by atoms with Crippen LogP contribution >= 0.6 is 0 Å². The first-order valence-electron chi connectivity index (χ1n) is 13.3. The van der Waals surface area contributed by atoms with Crippen molar-refractivity contribution in [1.82, 2.24) is 20.2 Å². The number of fused-ring (bicyclic) bond motifs is 1. The van der Waals surface area contributed by atoms with Gasteiger partial charge in [-0.2, -0.15) is 0 Å². The highest BCUT2D eigenvalue weighted by Gasteiger charge is 2.51. The lowest BCUT2D eigenvalue weighted by atomic mass is 9.73. The largest absolute Gasteiger partial charge is 0.447 e. The van der Waals surface area contributed by atoms with Crippen LogP contribution in [0.2, 0.25) is 0 Å². The van der Waals surface area contributed by atoms with E-state index >= 15 is 0 Å². The van der Waals surface area contributed by atoms with Gasteiger partial charge in [0.2, 0.25) is 5.91 Å². The van der Waals surface area contributed by atoms with E-state index in [-0.39, 0.29) is 36.2 Å². The van der Waals surface area contributed by atoms with Gasteiger partial charge in [-0.05, 0) is 77.6 Å². The van der Waals surface area contributed by atoms with Crippen molar-refractivity contribution in [3.8, 4) is 0 Å². The van der Waals surface area contributed by atoms with Crippen LogP contribution in [0.3, 0.4) is 0 Å². The highest BCUT2D eigenvalue weighted by atomic mass is 16.6. The van der Waals surface area contributed by atoms with Crippen LogP contribution < -0.4 is 5.43 Å². The number of ether oxygens (including phenoxy) is 2. The molecule has 1 N–H and O–H groups in total. The Hall–Kier alpha value is -1.38. The summed E-state index contributed by atoms with van der Waals surface area (Å²) in [6.07, 6.45) is 6.98. The van der Waals surface area contributed by atoms with Gasteiger partial charge in [0.1, 0.15) is 0 Å². The van der Waals surface area contributed by atoms with Crippen LogP contribution in [0, 0.1) is 17.8 Å². The highest BCUT2D eigenvalue weighted by molar-refractivity contribution is 5.82. The second-order valence-corrected chi connectivity index (χ2v) is 11.3. The molecule has 2 aliphatic carbocycles. The van der Waals surface area contributed by atoms with Gasteiger partial charge in [0.05, 0.1) is 18.2 Å². The Morgan fingerprint density at radius 2 is 1.73 bits per heavy atom. The van der Waals surface area contributed by atoms with E-state index in [1.54, 1.807) is 0 Å². The molecule has 5 atom stereocenters. The van der Waals surface area contributed by atoms with Crippen molar-refractivity contribution in [3.05, 3.63) is 0 Å². The molecule has 0 aromatic rings. The molecule has 3 saturated heterocycles. The normalized spacial score (nSPS) is 36.2. The number of hydrogen-bond acceptors (Lipinski definition) is 6. The first-order chi connectivity index (χ1) is 15.9. The number of hydrazine groups is 1. The third kappa shape index (κ3) is 4.89. The Kier molecular flexibility index (Phi) is 6.87. The van der Waals surface area contributed by atoms with E-state index in [1.807, 2.05) is 18.7 Å². The van der Waals surface area contributed by atoms with E-state index in [1.165, 1.54) is 0 Å². The molecule has 33 heavy (non-hydrogen) atoms. The lowest BCUT2D eigenvalue weighted by Crippen LogP contribution is -2.67. The number of rotatable bonds is 4. The molecule has 4 unspecified atom stereocenters. The summed E-state index contributed by atoms with van der Waals surface area (Å²) in [4.78, 5) is 30.4. The van der Waals surface area contributed by atoms with Gasteiger partial charge in [0, 0.05) is 50.8 Å². The third-order valence-corrected chi connectivity index (χ3v) is 8.55. The second kappa shape index (κ2) is 9.70. The number of carbonyl (C=O) groups is 2. The average molecular weight is 463 g/mol. The lowest BCUT2D eigenvalue weighted by Gasteiger charge is -2.54. The van der Waals surface area contributed by atoms with Crippen molar-refractivity contribution in [2.45, 2.75) is 96.0 Å². The highest BCUT2D eigenvalue weighted by Crippen LogP contribution is 2.42. The number of nitrogens with one attached hydrogen (secondary N) is 1. The molecule has 2 amide bonds. The molecule has 5 rings (SSSR count). The van der Waals surface area contributed by atoms with E-state index in [0.29, 0.717) is 30.3 Å².